The second-order valence-electron chi connectivity index (χ2n) is 4.71. The summed E-state index contributed by atoms with van der Waals surface area (Å²) < 4.78 is 49.4. The van der Waals surface area contributed by atoms with Gasteiger partial charge in [-0.25, -0.2) is 16.8 Å². The monoisotopic (exact) mass is 304 g/mol. The van der Waals surface area contributed by atoms with E-state index in [-0.39, 0.29) is 6.04 Å². The van der Waals surface area contributed by atoms with E-state index in [2.05, 4.69) is 4.72 Å². The van der Waals surface area contributed by atoms with E-state index >= 15 is 0 Å². The van der Waals surface area contributed by atoms with Crippen molar-refractivity contribution in [1.82, 2.24) is 0 Å². The van der Waals surface area contributed by atoms with Crippen molar-refractivity contribution in [3.63, 3.8) is 0 Å². The third-order valence-electron chi connectivity index (χ3n) is 2.66. The molecule has 1 N–H and O–H groups in total. The topological polar surface area (TPSA) is 83.6 Å². The van der Waals surface area contributed by atoms with Crippen LogP contribution in [0.15, 0.2) is 24.3 Å². The van der Waals surface area contributed by atoms with Crippen LogP contribution in [0.3, 0.4) is 0 Å². The van der Waals surface area contributed by atoms with Crippen molar-refractivity contribution < 1.29 is 16.8 Å². The number of rotatable bonds is 5. The number of sulfonamides is 2. The predicted octanol–water partition coefficient (Wildman–Crippen LogP) is 0.986. The zero-order chi connectivity index (χ0) is 14.3. The van der Waals surface area contributed by atoms with Gasteiger partial charge in [0.25, 0.3) is 0 Å². The Hall–Kier alpha value is -1.28. The van der Waals surface area contributed by atoms with Gasteiger partial charge >= 0.3 is 0 Å². The third-order valence-corrected chi connectivity index (χ3v) is 4.49. The molecule has 1 fully saturated rings. The standard InChI is InChI=1S/C11H16N2O4S2/c1-18(14,15)12-9-3-5-10(6-4-9)13(11-7-8-11)19(2,16)17/h3-6,11-12H,7-8H2,1-2H3. The number of hydrogen-bond acceptors (Lipinski definition) is 4. The summed E-state index contributed by atoms with van der Waals surface area (Å²) in [6, 6.07) is 6.34. The van der Waals surface area contributed by atoms with Crippen LogP contribution in [0.4, 0.5) is 11.4 Å². The first-order chi connectivity index (χ1) is 8.67. The van der Waals surface area contributed by atoms with Gasteiger partial charge in [0.2, 0.25) is 20.0 Å². The van der Waals surface area contributed by atoms with Gasteiger partial charge in [-0.2, -0.15) is 0 Å². The SMILES string of the molecule is CS(=O)(=O)Nc1ccc(N(C2CC2)S(C)(=O)=O)cc1. The van der Waals surface area contributed by atoms with Crippen molar-refractivity contribution in [2.24, 2.45) is 0 Å². The van der Waals surface area contributed by atoms with Crippen molar-refractivity contribution in [3.8, 4) is 0 Å². The summed E-state index contributed by atoms with van der Waals surface area (Å²) in [4.78, 5) is 0. The van der Waals surface area contributed by atoms with Crippen molar-refractivity contribution in [2.45, 2.75) is 18.9 Å². The fraction of sp³-hybridized carbons (Fsp3) is 0.455. The molecule has 1 aromatic rings. The number of benzene rings is 1. The molecular weight excluding hydrogens is 288 g/mol. The van der Waals surface area contributed by atoms with Crippen LogP contribution in [0.2, 0.25) is 0 Å². The number of hydrogen-bond donors (Lipinski definition) is 1. The first-order valence-corrected chi connectivity index (χ1v) is 9.48. The van der Waals surface area contributed by atoms with E-state index in [0.29, 0.717) is 11.4 Å². The largest absolute Gasteiger partial charge is 0.284 e. The molecule has 0 unspecified atom stereocenters. The van der Waals surface area contributed by atoms with E-state index in [1.807, 2.05) is 0 Å². The molecule has 1 aromatic carbocycles. The van der Waals surface area contributed by atoms with E-state index in [0.717, 1.165) is 19.1 Å². The molecule has 1 aliphatic carbocycles. The quantitative estimate of drug-likeness (QED) is 0.879. The molecule has 0 aliphatic heterocycles. The van der Waals surface area contributed by atoms with Gasteiger partial charge < -0.3 is 0 Å². The van der Waals surface area contributed by atoms with Gasteiger partial charge in [-0.3, -0.25) is 9.03 Å². The van der Waals surface area contributed by atoms with Crippen molar-refractivity contribution in [3.05, 3.63) is 24.3 Å². The lowest BCUT2D eigenvalue weighted by Crippen LogP contribution is -2.31. The zero-order valence-corrected chi connectivity index (χ0v) is 12.3. The van der Waals surface area contributed by atoms with Crippen LogP contribution in [-0.4, -0.2) is 35.4 Å². The molecule has 106 valence electrons. The molecular formula is C11H16N2O4S2. The van der Waals surface area contributed by atoms with Gasteiger partial charge in [-0.05, 0) is 37.1 Å². The lowest BCUT2D eigenvalue weighted by atomic mass is 10.3. The van der Waals surface area contributed by atoms with Crippen molar-refractivity contribution in [1.29, 1.82) is 0 Å². The summed E-state index contributed by atoms with van der Waals surface area (Å²) in [5, 5.41) is 0. The average Bonchev–Trinajstić information content (AvgIpc) is 3.01. The predicted molar refractivity (Wildman–Crippen MR) is 75.3 cm³/mol. The molecule has 1 saturated carbocycles. The summed E-state index contributed by atoms with van der Waals surface area (Å²) >= 11 is 0. The minimum absolute atomic E-state index is 0.0312. The molecule has 0 radical (unpaired) electrons. The third kappa shape index (κ3) is 3.84. The highest BCUT2D eigenvalue weighted by Crippen LogP contribution is 2.34. The number of nitrogens with zero attached hydrogens (tertiary/aromatic N) is 1. The van der Waals surface area contributed by atoms with Crippen LogP contribution in [0.25, 0.3) is 0 Å². The lowest BCUT2D eigenvalue weighted by Gasteiger charge is -2.22. The Bertz CT molecular complexity index is 661. The molecule has 0 amide bonds. The maximum atomic E-state index is 11.7. The molecule has 8 heteroatoms. The van der Waals surface area contributed by atoms with Gasteiger partial charge in [-0.15, -0.1) is 0 Å². The molecule has 0 bridgehead atoms. The Balaban J connectivity index is 2.26. The molecule has 0 spiro atoms. The fourth-order valence-corrected chi connectivity index (χ4v) is 3.69. The smallest absolute Gasteiger partial charge is 0.232 e. The normalized spacial score (nSPS) is 16.1. The van der Waals surface area contributed by atoms with Crippen molar-refractivity contribution >= 4 is 31.4 Å². The second kappa shape index (κ2) is 4.68. The van der Waals surface area contributed by atoms with E-state index in [1.165, 1.54) is 10.6 Å². The van der Waals surface area contributed by atoms with E-state index < -0.39 is 20.0 Å². The van der Waals surface area contributed by atoms with Crippen LogP contribution in [-0.2, 0) is 20.0 Å². The fourth-order valence-electron chi connectivity index (χ4n) is 1.87. The summed E-state index contributed by atoms with van der Waals surface area (Å²) in [5.74, 6) is 0. The zero-order valence-electron chi connectivity index (χ0n) is 10.7. The lowest BCUT2D eigenvalue weighted by molar-refractivity contribution is 0.596. The van der Waals surface area contributed by atoms with E-state index in [4.69, 9.17) is 0 Å². The highest BCUT2D eigenvalue weighted by Gasteiger charge is 2.35. The first kappa shape index (κ1) is 14.1. The number of anilines is 2. The van der Waals surface area contributed by atoms with Gasteiger partial charge in [0.15, 0.2) is 0 Å². The van der Waals surface area contributed by atoms with Crippen LogP contribution in [0.1, 0.15) is 12.8 Å². The summed E-state index contributed by atoms with van der Waals surface area (Å²) in [6.07, 6.45) is 3.95. The molecule has 2 rings (SSSR count). The summed E-state index contributed by atoms with van der Waals surface area (Å²) in [7, 11) is -6.63. The first-order valence-electron chi connectivity index (χ1n) is 5.74. The Kier molecular flexibility index (Phi) is 3.48. The molecule has 0 aromatic heterocycles. The average molecular weight is 304 g/mol. The van der Waals surface area contributed by atoms with Gasteiger partial charge in [-0.1, -0.05) is 0 Å². The van der Waals surface area contributed by atoms with Crippen molar-refractivity contribution in [2.75, 3.05) is 21.5 Å². The van der Waals surface area contributed by atoms with Crippen LogP contribution in [0, 0.1) is 0 Å². The Morgan fingerprint density at radius 1 is 1.05 bits per heavy atom. The second-order valence-corrected chi connectivity index (χ2v) is 8.32. The highest BCUT2D eigenvalue weighted by molar-refractivity contribution is 7.92. The van der Waals surface area contributed by atoms with Crippen LogP contribution in [0.5, 0.6) is 0 Å². The van der Waals surface area contributed by atoms with Crippen LogP contribution >= 0.6 is 0 Å². The van der Waals surface area contributed by atoms with Gasteiger partial charge in [0, 0.05) is 11.7 Å². The summed E-state index contributed by atoms with van der Waals surface area (Å²) in [5.41, 5.74) is 0.972. The minimum atomic E-state index is -3.32. The van der Waals surface area contributed by atoms with E-state index in [1.54, 1.807) is 24.3 Å². The summed E-state index contributed by atoms with van der Waals surface area (Å²) in [6.45, 7) is 0. The Morgan fingerprint density at radius 2 is 1.58 bits per heavy atom. The Labute approximate surface area is 113 Å². The molecule has 19 heavy (non-hydrogen) atoms. The molecule has 1 aliphatic rings. The Morgan fingerprint density at radius 3 is 1.95 bits per heavy atom. The van der Waals surface area contributed by atoms with Crippen LogP contribution < -0.4 is 9.03 Å². The highest BCUT2D eigenvalue weighted by atomic mass is 32.2. The van der Waals surface area contributed by atoms with Gasteiger partial charge in [0.05, 0.1) is 18.2 Å². The number of nitrogens with one attached hydrogen (secondary N) is 1. The molecule has 6 nitrogen and oxygen atoms in total. The molecule has 0 saturated heterocycles. The maximum absolute atomic E-state index is 11.7. The van der Waals surface area contributed by atoms with Gasteiger partial charge in [0.1, 0.15) is 0 Å². The maximum Gasteiger partial charge on any atom is 0.232 e. The molecule has 0 atom stereocenters. The minimum Gasteiger partial charge on any atom is -0.284 e. The molecule has 0 heterocycles. The van der Waals surface area contributed by atoms with E-state index in [9.17, 15) is 16.8 Å².